The lowest BCUT2D eigenvalue weighted by Crippen LogP contribution is -2.00. The van der Waals surface area contributed by atoms with Crippen LogP contribution >= 0.6 is 11.6 Å². The SMILES string of the molecule is CCCCc1nc(Cl)c(CNc2cnn(CC)c2)[nH]1. The van der Waals surface area contributed by atoms with Crippen molar-refractivity contribution >= 4 is 17.3 Å². The summed E-state index contributed by atoms with van der Waals surface area (Å²) in [6.07, 6.45) is 7.01. The summed E-state index contributed by atoms with van der Waals surface area (Å²) in [6.45, 7) is 5.72. The van der Waals surface area contributed by atoms with Gasteiger partial charge < -0.3 is 10.3 Å². The Hall–Kier alpha value is -1.49. The Morgan fingerprint density at radius 2 is 2.26 bits per heavy atom. The van der Waals surface area contributed by atoms with E-state index in [4.69, 9.17) is 11.6 Å². The molecule has 0 saturated carbocycles. The molecule has 2 N–H and O–H groups in total. The number of anilines is 1. The number of H-pyrrole nitrogens is 1. The normalized spacial score (nSPS) is 10.9. The Balaban J connectivity index is 1.93. The van der Waals surface area contributed by atoms with Crippen LogP contribution in [-0.4, -0.2) is 19.7 Å². The van der Waals surface area contributed by atoms with E-state index in [2.05, 4.69) is 34.2 Å². The lowest BCUT2D eigenvalue weighted by Gasteiger charge is -2.01. The van der Waals surface area contributed by atoms with Crippen molar-refractivity contribution in [2.45, 2.75) is 46.2 Å². The van der Waals surface area contributed by atoms with Crippen LogP contribution in [0.15, 0.2) is 12.4 Å². The molecule has 0 radical (unpaired) electrons. The summed E-state index contributed by atoms with van der Waals surface area (Å²) in [5, 5.41) is 8.05. The number of nitrogens with one attached hydrogen (secondary N) is 2. The molecule has 0 bridgehead atoms. The second kappa shape index (κ2) is 6.61. The fraction of sp³-hybridized carbons (Fsp3) is 0.538. The van der Waals surface area contributed by atoms with Crippen LogP contribution in [0.2, 0.25) is 5.15 Å². The van der Waals surface area contributed by atoms with Crippen LogP contribution in [0.4, 0.5) is 5.69 Å². The van der Waals surface area contributed by atoms with Crippen LogP contribution in [0.1, 0.15) is 38.2 Å². The Morgan fingerprint density at radius 3 is 2.95 bits per heavy atom. The van der Waals surface area contributed by atoms with Gasteiger partial charge in [0.1, 0.15) is 5.82 Å². The monoisotopic (exact) mass is 281 g/mol. The predicted octanol–water partition coefficient (Wildman–Crippen LogP) is 3.23. The second-order valence-corrected chi connectivity index (χ2v) is 4.85. The highest BCUT2D eigenvalue weighted by Crippen LogP contribution is 2.16. The van der Waals surface area contributed by atoms with Crippen LogP contribution in [0, 0.1) is 0 Å². The van der Waals surface area contributed by atoms with Crippen LogP contribution in [0.25, 0.3) is 0 Å². The summed E-state index contributed by atoms with van der Waals surface area (Å²) < 4.78 is 1.88. The second-order valence-electron chi connectivity index (χ2n) is 4.49. The van der Waals surface area contributed by atoms with Gasteiger partial charge in [0, 0.05) is 19.2 Å². The van der Waals surface area contributed by atoms with Gasteiger partial charge >= 0.3 is 0 Å². The first-order chi connectivity index (χ1) is 9.22. The molecule has 6 heteroatoms. The van der Waals surface area contributed by atoms with E-state index in [0.29, 0.717) is 11.7 Å². The number of hydrogen-bond acceptors (Lipinski definition) is 3. The topological polar surface area (TPSA) is 58.5 Å². The largest absolute Gasteiger partial charge is 0.377 e. The number of aromatic nitrogens is 4. The van der Waals surface area contributed by atoms with Crippen molar-refractivity contribution in [1.29, 1.82) is 0 Å². The first-order valence-corrected chi connectivity index (χ1v) is 7.10. The van der Waals surface area contributed by atoms with Gasteiger partial charge in [0.2, 0.25) is 0 Å². The van der Waals surface area contributed by atoms with E-state index in [-0.39, 0.29) is 0 Å². The van der Waals surface area contributed by atoms with E-state index in [0.717, 1.165) is 43.0 Å². The predicted molar refractivity (Wildman–Crippen MR) is 77.4 cm³/mol. The van der Waals surface area contributed by atoms with Crippen molar-refractivity contribution in [2.75, 3.05) is 5.32 Å². The Labute approximate surface area is 118 Å². The molecule has 2 aromatic rings. The molecule has 0 unspecified atom stereocenters. The zero-order valence-electron chi connectivity index (χ0n) is 11.4. The van der Waals surface area contributed by atoms with Gasteiger partial charge in [0.05, 0.1) is 24.1 Å². The third-order valence-electron chi connectivity index (χ3n) is 2.97. The third kappa shape index (κ3) is 3.73. The number of nitrogens with zero attached hydrogens (tertiary/aromatic N) is 3. The number of aryl methyl sites for hydroxylation is 2. The van der Waals surface area contributed by atoms with Crippen LogP contribution in [0.5, 0.6) is 0 Å². The maximum Gasteiger partial charge on any atom is 0.152 e. The quantitative estimate of drug-likeness (QED) is 0.819. The van der Waals surface area contributed by atoms with Crippen molar-refractivity contribution in [3.63, 3.8) is 0 Å². The molecule has 0 saturated heterocycles. The number of rotatable bonds is 7. The molecule has 0 aromatic carbocycles. The zero-order valence-corrected chi connectivity index (χ0v) is 12.2. The fourth-order valence-corrected chi connectivity index (χ4v) is 2.05. The molecule has 0 aliphatic heterocycles. The molecular formula is C13H20ClN5. The Kier molecular flexibility index (Phi) is 4.85. The minimum atomic E-state index is 0.557. The van der Waals surface area contributed by atoms with E-state index in [1.807, 2.05) is 17.1 Å². The van der Waals surface area contributed by atoms with E-state index >= 15 is 0 Å². The molecule has 0 aliphatic rings. The number of halogens is 1. The average Bonchev–Trinajstić information content (AvgIpc) is 3.00. The van der Waals surface area contributed by atoms with Gasteiger partial charge in [-0.25, -0.2) is 4.98 Å². The molecular weight excluding hydrogens is 262 g/mol. The van der Waals surface area contributed by atoms with Crippen molar-refractivity contribution in [3.8, 4) is 0 Å². The van der Waals surface area contributed by atoms with E-state index in [9.17, 15) is 0 Å². The number of imidazole rings is 1. The molecule has 0 fully saturated rings. The third-order valence-corrected chi connectivity index (χ3v) is 3.28. The lowest BCUT2D eigenvalue weighted by atomic mass is 10.2. The standard InChI is InChI=1S/C13H20ClN5/c1-3-5-6-12-17-11(13(14)18-12)8-15-10-7-16-19(4-2)9-10/h7,9,15H,3-6,8H2,1-2H3,(H,17,18). The maximum absolute atomic E-state index is 6.12. The molecule has 0 amide bonds. The maximum atomic E-state index is 6.12. The minimum absolute atomic E-state index is 0.557. The van der Waals surface area contributed by atoms with E-state index in [1.54, 1.807) is 0 Å². The molecule has 0 spiro atoms. The minimum Gasteiger partial charge on any atom is -0.377 e. The summed E-state index contributed by atoms with van der Waals surface area (Å²) >= 11 is 6.12. The van der Waals surface area contributed by atoms with Crippen molar-refractivity contribution in [3.05, 3.63) is 29.1 Å². The lowest BCUT2D eigenvalue weighted by molar-refractivity contribution is 0.660. The first-order valence-electron chi connectivity index (χ1n) is 6.72. The van der Waals surface area contributed by atoms with Gasteiger partial charge in [-0.1, -0.05) is 24.9 Å². The summed E-state index contributed by atoms with van der Waals surface area (Å²) in [6, 6.07) is 0. The van der Waals surface area contributed by atoms with Gasteiger partial charge in [-0.05, 0) is 13.3 Å². The van der Waals surface area contributed by atoms with Crippen molar-refractivity contribution < 1.29 is 0 Å². The molecule has 2 rings (SSSR count). The summed E-state index contributed by atoms with van der Waals surface area (Å²) in [4.78, 5) is 7.61. The van der Waals surface area contributed by atoms with Crippen molar-refractivity contribution in [1.82, 2.24) is 19.7 Å². The van der Waals surface area contributed by atoms with Crippen LogP contribution in [0.3, 0.4) is 0 Å². The molecule has 2 aromatic heterocycles. The molecule has 104 valence electrons. The molecule has 5 nitrogen and oxygen atoms in total. The van der Waals surface area contributed by atoms with Gasteiger partial charge in [-0.3, -0.25) is 4.68 Å². The smallest absolute Gasteiger partial charge is 0.152 e. The molecule has 2 heterocycles. The van der Waals surface area contributed by atoms with Gasteiger partial charge in [-0.15, -0.1) is 0 Å². The highest BCUT2D eigenvalue weighted by atomic mass is 35.5. The first kappa shape index (κ1) is 13.9. The number of aromatic amines is 1. The van der Waals surface area contributed by atoms with Crippen LogP contribution in [-0.2, 0) is 19.5 Å². The fourth-order valence-electron chi connectivity index (χ4n) is 1.84. The molecule has 19 heavy (non-hydrogen) atoms. The number of unbranched alkanes of at least 4 members (excludes halogenated alkanes) is 1. The van der Waals surface area contributed by atoms with Crippen molar-refractivity contribution in [2.24, 2.45) is 0 Å². The highest BCUT2D eigenvalue weighted by Gasteiger charge is 2.08. The Morgan fingerprint density at radius 1 is 1.42 bits per heavy atom. The molecule has 0 atom stereocenters. The Bertz CT molecular complexity index is 517. The van der Waals surface area contributed by atoms with E-state index in [1.165, 1.54) is 0 Å². The summed E-state index contributed by atoms with van der Waals surface area (Å²) in [7, 11) is 0. The van der Waals surface area contributed by atoms with Gasteiger partial charge in [0.15, 0.2) is 5.15 Å². The molecule has 0 aliphatic carbocycles. The summed E-state index contributed by atoms with van der Waals surface area (Å²) in [5.74, 6) is 0.966. The average molecular weight is 282 g/mol. The highest BCUT2D eigenvalue weighted by molar-refractivity contribution is 6.30. The van der Waals surface area contributed by atoms with E-state index < -0.39 is 0 Å². The summed E-state index contributed by atoms with van der Waals surface area (Å²) in [5.41, 5.74) is 1.92. The zero-order chi connectivity index (χ0) is 13.7. The van der Waals surface area contributed by atoms with Crippen LogP contribution < -0.4 is 5.32 Å². The number of hydrogen-bond donors (Lipinski definition) is 2. The van der Waals surface area contributed by atoms with Gasteiger partial charge in [0.25, 0.3) is 0 Å². The van der Waals surface area contributed by atoms with Gasteiger partial charge in [-0.2, -0.15) is 5.10 Å².